The highest BCUT2D eigenvalue weighted by atomic mass is 16.1. The summed E-state index contributed by atoms with van der Waals surface area (Å²) in [6.45, 7) is 7.56. The smallest absolute Gasteiger partial charge is 0.248 e. The summed E-state index contributed by atoms with van der Waals surface area (Å²) < 4.78 is 0. The zero-order valence-electron chi connectivity index (χ0n) is 11.8. The van der Waals surface area contributed by atoms with Crippen LogP contribution in [0, 0.1) is 0 Å². The molecule has 1 amide bonds. The van der Waals surface area contributed by atoms with E-state index in [1.54, 1.807) is 0 Å². The average molecular weight is 258 g/mol. The van der Waals surface area contributed by atoms with Crippen molar-refractivity contribution in [3.63, 3.8) is 0 Å². The molecule has 0 fully saturated rings. The number of carbonyl (C=O) groups excluding carboxylic acids is 1. The summed E-state index contributed by atoms with van der Waals surface area (Å²) in [6, 6.07) is 10.3. The minimum atomic E-state index is 0.0829. The van der Waals surface area contributed by atoms with Crippen molar-refractivity contribution >= 4 is 11.5 Å². The standard InChI is InChI=1S/C16H22N2O/c1-3-17-16(19)15-12-18(4-2)11-10-14(15)13-8-6-5-7-9-13/h5-9H,3-4,10-12H2,1-2H3,(H,17,19). The van der Waals surface area contributed by atoms with Crippen molar-refractivity contribution in [3.05, 3.63) is 41.5 Å². The second kappa shape index (κ2) is 6.53. The monoisotopic (exact) mass is 258 g/mol. The van der Waals surface area contributed by atoms with Crippen molar-refractivity contribution in [3.8, 4) is 0 Å². The molecule has 0 saturated carbocycles. The van der Waals surface area contributed by atoms with E-state index in [2.05, 4.69) is 29.3 Å². The van der Waals surface area contributed by atoms with E-state index in [-0.39, 0.29) is 5.91 Å². The van der Waals surface area contributed by atoms with Crippen molar-refractivity contribution in [1.82, 2.24) is 10.2 Å². The number of hydrogen-bond donors (Lipinski definition) is 1. The van der Waals surface area contributed by atoms with E-state index in [1.807, 2.05) is 25.1 Å². The van der Waals surface area contributed by atoms with Gasteiger partial charge in [-0.25, -0.2) is 0 Å². The summed E-state index contributed by atoms with van der Waals surface area (Å²) in [4.78, 5) is 14.6. The van der Waals surface area contributed by atoms with Crippen LogP contribution in [-0.4, -0.2) is 37.0 Å². The van der Waals surface area contributed by atoms with Crippen LogP contribution in [0.2, 0.25) is 0 Å². The van der Waals surface area contributed by atoms with E-state index in [0.29, 0.717) is 6.54 Å². The van der Waals surface area contributed by atoms with Gasteiger partial charge in [-0.15, -0.1) is 0 Å². The summed E-state index contributed by atoms with van der Waals surface area (Å²) in [7, 11) is 0. The summed E-state index contributed by atoms with van der Waals surface area (Å²) >= 11 is 0. The van der Waals surface area contributed by atoms with Crippen LogP contribution in [0.5, 0.6) is 0 Å². The molecule has 19 heavy (non-hydrogen) atoms. The van der Waals surface area contributed by atoms with Gasteiger partial charge in [0.2, 0.25) is 5.91 Å². The Morgan fingerprint density at radius 3 is 2.63 bits per heavy atom. The fourth-order valence-electron chi connectivity index (χ4n) is 2.52. The van der Waals surface area contributed by atoms with E-state index in [9.17, 15) is 4.79 Å². The summed E-state index contributed by atoms with van der Waals surface area (Å²) in [5, 5.41) is 2.94. The first-order chi connectivity index (χ1) is 9.26. The number of rotatable bonds is 4. The van der Waals surface area contributed by atoms with E-state index in [1.165, 1.54) is 11.1 Å². The molecule has 0 radical (unpaired) electrons. The van der Waals surface area contributed by atoms with E-state index >= 15 is 0 Å². The number of amides is 1. The maximum Gasteiger partial charge on any atom is 0.248 e. The zero-order chi connectivity index (χ0) is 13.7. The minimum absolute atomic E-state index is 0.0829. The van der Waals surface area contributed by atoms with E-state index in [0.717, 1.165) is 31.6 Å². The molecule has 0 atom stereocenters. The molecule has 0 unspecified atom stereocenters. The third-order valence-electron chi connectivity index (χ3n) is 3.60. The lowest BCUT2D eigenvalue weighted by molar-refractivity contribution is -0.117. The molecule has 1 N–H and O–H groups in total. The molecule has 3 nitrogen and oxygen atoms in total. The SMILES string of the molecule is CCNC(=O)C1=C(c2ccccc2)CCN(CC)C1. The number of nitrogens with zero attached hydrogens (tertiary/aromatic N) is 1. The highest BCUT2D eigenvalue weighted by Gasteiger charge is 2.23. The largest absolute Gasteiger partial charge is 0.353 e. The molecule has 0 spiro atoms. The van der Waals surface area contributed by atoms with Gasteiger partial charge in [-0.3, -0.25) is 9.69 Å². The Balaban J connectivity index is 2.35. The van der Waals surface area contributed by atoms with Crippen molar-refractivity contribution in [2.45, 2.75) is 20.3 Å². The molecule has 102 valence electrons. The molecule has 0 saturated heterocycles. The fourth-order valence-corrected chi connectivity index (χ4v) is 2.52. The van der Waals surface area contributed by atoms with Crippen LogP contribution in [0.4, 0.5) is 0 Å². The topological polar surface area (TPSA) is 32.3 Å². The number of likely N-dealkylation sites (N-methyl/N-ethyl adjacent to an activating group) is 2. The van der Waals surface area contributed by atoms with Crippen LogP contribution in [-0.2, 0) is 4.79 Å². The molecule has 0 aliphatic carbocycles. The highest BCUT2D eigenvalue weighted by Crippen LogP contribution is 2.27. The van der Waals surface area contributed by atoms with Gasteiger partial charge in [-0.05, 0) is 31.0 Å². The predicted molar refractivity (Wildman–Crippen MR) is 78.8 cm³/mol. The Morgan fingerprint density at radius 1 is 1.26 bits per heavy atom. The van der Waals surface area contributed by atoms with Crippen molar-refractivity contribution in [2.75, 3.05) is 26.2 Å². The molecule has 1 aliphatic rings. The van der Waals surface area contributed by atoms with Crippen LogP contribution in [0.25, 0.3) is 5.57 Å². The lowest BCUT2D eigenvalue weighted by Crippen LogP contribution is -2.37. The van der Waals surface area contributed by atoms with Crippen LogP contribution in [0.3, 0.4) is 0 Å². The minimum Gasteiger partial charge on any atom is -0.353 e. The van der Waals surface area contributed by atoms with Crippen molar-refractivity contribution in [2.24, 2.45) is 0 Å². The summed E-state index contributed by atoms with van der Waals surface area (Å²) in [5.41, 5.74) is 3.32. The molecular formula is C16H22N2O. The molecular weight excluding hydrogens is 236 g/mol. The Kier molecular flexibility index (Phi) is 4.74. The number of nitrogens with one attached hydrogen (secondary N) is 1. The van der Waals surface area contributed by atoms with Gasteiger partial charge in [0, 0.05) is 25.2 Å². The van der Waals surface area contributed by atoms with Gasteiger partial charge in [-0.2, -0.15) is 0 Å². The van der Waals surface area contributed by atoms with Crippen LogP contribution >= 0.6 is 0 Å². The van der Waals surface area contributed by atoms with Crippen LogP contribution < -0.4 is 5.32 Å². The molecule has 1 heterocycles. The third kappa shape index (κ3) is 3.24. The lowest BCUT2D eigenvalue weighted by atomic mass is 9.93. The Hall–Kier alpha value is -1.61. The number of benzene rings is 1. The predicted octanol–water partition coefficient (Wildman–Crippen LogP) is 2.30. The van der Waals surface area contributed by atoms with Crippen molar-refractivity contribution < 1.29 is 4.79 Å². The molecule has 0 aromatic heterocycles. The number of carbonyl (C=O) groups is 1. The molecule has 0 bridgehead atoms. The van der Waals surface area contributed by atoms with Gasteiger partial charge in [0.05, 0.1) is 0 Å². The maximum atomic E-state index is 12.2. The Morgan fingerprint density at radius 2 is 2.00 bits per heavy atom. The first-order valence-corrected chi connectivity index (χ1v) is 7.04. The van der Waals surface area contributed by atoms with Gasteiger partial charge >= 0.3 is 0 Å². The van der Waals surface area contributed by atoms with Gasteiger partial charge in [0.1, 0.15) is 0 Å². The second-order valence-electron chi connectivity index (χ2n) is 4.80. The molecule has 1 aromatic carbocycles. The maximum absolute atomic E-state index is 12.2. The Labute approximate surface area is 115 Å². The number of hydrogen-bond acceptors (Lipinski definition) is 2. The highest BCUT2D eigenvalue weighted by molar-refractivity contribution is 6.02. The average Bonchev–Trinajstić information content (AvgIpc) is 2.47. The second-order valence-corrected chi connectivity index (χ2v) is 4.80. The first-order valence-electron chi connectivity index (χ1n) is 7.04. The third-order valence-corrected chi connectivity index (χ3v) is 3.60. The van der Waals surface area contributed by atoms with E-state index in [4.69, 9.17) is 0 Å². The summed E-state index contributed by atoms with van der Waals surface area (Å²) in [5.74, 6) is 0.0829. The quantitative estimate of drug-likeness (QED) is 0.899. The zero-order valence-corrected chi connectivity index (χ0v) is 11.8. The molecule has 1 aliphatic heterocycles. The van der Waals surface area contributed by atoms with Crippen molar-refractivity contribution in [1.29, 1.82) is 0 Å². The van der Waals surface area contributed by atoms with Crippen LogP contribution in [0.1, 0.15) is 25.8 Å². The van der Waals surface area contributed by atoms with Gasteiger partial charge in [0.25, 0.3) is 0 Å². The Bertz CT molecular complexity index is 465. The van der Waals surface area contributed by atoms with Gasteiger partial charge < -0.3 is 5.32 Å². The fraction of sp³-hybridized carbons (Fsp3) is 0.438. The summed E-state index contributed by atoms with van der Waals surface area (Å²) in [6.07, 6.45) is 0.949. The van der Waals surface area contributed by atoms with Gasteiger partial charge in [-0.1, -0.05) is 37.3 Å². The molecule has 3 heteroatoms. The van der Waals surface area contributed by atoms with Gasteiger partial charge in [0.15, 0.2) is 0 Å². The first kappa shape index (κ1) is 13.8. The normalized spacial score (nSPS) is 16.5. The molecule has 2 rings (SSSR count). The van der Waals surface area contributed by atoms with E-state index < -0.39 is 0 Å². The van der Waals surface area contributed by atoms with Crippen LogP contribution in [0.15, 0.2) is 35.9 Å². The molecule has 1 aromatic rings. The lowest BCUT2D eigenvalue weighted by Gasteiger charge is -2.29.